The molecule has 0 spiro atoms. The van der Waals surface area contributed by atoms with Crippen LogP contribution in [0.1, 0.15) is 40.0 Å². The van der Waals surface area contributed by atoms with Crippen molar-refractivity contribution in [3.05, 3.63) is 0 Å². The van der Waals surface area contributed by atoms with Crippen LogP contribution in [0.5, 0.6) is 0 Å². The Hall–Kier alpha value is -0.160. The van der Waals surface area contributed by atoms with Crippen LogP contribution in [0.25, 0.3) is 0 Å². The third kappa shape index (κ3) is 4.99. The first-order valence-corrected chi connectivity index (χ1v) is 7.85. The Morgan fingerprint density at radius 1 is 1.30 bits per heavy atom. The zero-order valence-electron chi connectivity index (χ0n) is 14.6. The topological polar surface area (TPSA) is 27.7 Å². The predicted molar refractivity (Wildman–Crippen MR) is 86.3 cm³/mol. The molecule has 0 radical (unpaired) electrons. The minimum atomic E-state index is -0.0511. The van der Waals surface area contributed by atoms with Gasteiger partial charge in [0.1, 0.15) is 0 Å². The fourth-order valence-electron chi connectivity index (χ4n) is 3.07. The third-order valence-electron chi connectivity index (χ3n) is 5.00. The molecule has 1 atom stereocenters. The number of rotatable bonds is 7. The molecule has 1 heterocycles. The minimum Gasteiger partial charge on any atom is -0.379 e. The normalized spacial score (nSPS) is 22.2. The average molecular weight is 285 g/mol. The lowest BCUT2D eigenvalue weighted by Gasteiger charge is -2.46. The van der Waals surface area contributed by atoms with E-state index in [0.717, 1.165) is 13.0 Å². The van der Waals surface area contributed by atoms with Crippen LogP contribution in [0.2, 0.25) is 0 Å². The van der Waals surface area contributed by atoms with Gasteiger partial charge < -0.3 is 19.9 Å². The summed E-state index contributed by atoms with van der Waals surface area (Å²) >= 11 is 0. The lowest BCUT2D eigenvalue weighted by molar-refractivity contribution is 0.00540. The maximum atomic E-state index is 5.53. The Morgan fingerprint density at radius 3 is 2.30 bits per heavy atom. The molecule has 1 aliphatic heterocycles. The molecule has 4 nitrogen and oxygen atoms in total. The summed E-state index contributed by atoms with van der Waals surface area (Å²) in [6.45, 7) is 10.0. The van der Waals surface area contributed by atoms with Crippen molar-refractivity contribution >= 4 is 0 Å². The summed E-state index contributed by atoms with van der Waals surface area (Å²) in [5, 5.41) is 3.74. The van der Waals surface area contributed by atoms with E-state index < -0.39 is 0 Å². The number of piperidine rings is 1. The summed E-state index contributed by atoms with van der Waals surface area (Å²) in [5.41, 5.74) is 0.252. The number of nitrogens with one attached hydrogen (secondary N) is 1. The molecule has 1 unspecified atom stereocenters. The fourth-order valence-corrected chi connectivity index (χ4v) is 3.07. The van der Waals surface area contributed by atoms with Gasteiger partial charge in [0.25, 0.3) is 0 Å². The van der Waals surface area contributed by atoms with E-state index in [1.54, 1.807) is 7.11 Å². The lowest BCUT2D eigenvalue weighted by atomic mass is 9.85. The highest BCUT2D eigenvalue weighted by atomic mass is 16.5. The van der Waals surface area contributed by atoms with Crippen molar-refractivity contribution in [2.45, 2.75) is 57.2 Å². The second-order valence-corrected chi connectivity index (χ2v) is 7.37. The minimum absolute atomic E-state index is 0.0511. The van der Waals surface area contributed by atoms with E-state index in [1.807, 2.05) is 0 Å². The van der Waals surface area contributed by atoms with Gasteiger partial charge >= 0.3 is 0 Å². The summed E-state index contributed by atoms with van der Waals surface area (Å²) in [5.74, 6) is 0. The summed E-state index contributed by atoms with van der Waals surface area (Å²) in [4.78, 5) is 4.85. The summed E-state index contributed by atoms with van der Waals surface area (Å²) in [6.07, 6.45) is 3.51. The molecular weight excluding hydrogens is 250 g/mol. The van der Waals surface area contributed by atoms with E-state index in [4.69, 9.17) is 4.74 Å². The van der Waals surface area contributed by atoms with Gasteiger partial charge in [0, 0.05) is 25.2 Å². The number of ether oxygens (including phenoxy) is 1. The van der Waals surface area contributed by atoms with Gasteiger partial charge in [-0.25, -0.2) is 0 Å². The Bertz CT molecular complexity index is 283. The quantitative estimate of drug-likeness (QED) is 0.772. The van der Waals surface area contributed by atoms with E-state index in [-0.39, 0.29) is 5.60 Å². The van der Waals surface area contributed by atoms with Gasteiger partial charge in [-0.1, -0.05) is 0 Å². The van der Waals surface area contributed by atoms with Crippen LogP contribution < -0.4 is 5.32 Å². The van der Waals surface area contributed by atoms with Crippen molar-refractivity contribution in [2.75, 3.05) is 47.9 Å². The van der Waals surface area contributed by atoms with Crippen LogP contribution in [0, 0.1) is 0 Å². The van der Waals surface area contributed by atoms with Gasteiger partial charge in [-0.15, -0.1) is 0 Å². The van der Waals surface area contributed by atoms with Crippen LogP contribution in [0.3, 0.4) is 0 Å². The average Bonchev–Trinajstić information content (AvgIpc) is 2.38. The maximum absolute atomic E-state index is 5.53. The van der Waals surface area contributed by atoms with Crippen LogP contribution in [-0.2, 0) is 4.74 Å². The lowest BCUT2D eigenvalue weighted by Crippen LogP contribution is -2.58. The van der Waals surface area contributed by atoms with Gasteiger partial charge in [-0.2, -0.15) is 0 Å². The van der Waals surface area contributed by atoms with Crippen molar-refractivity contribution in [2.24, 2.45) is 0 Å². The summed E-state index contributed by atoms with van der Waals surface area (Å²) < 4.78 is 5.53. The smallest absolute Gasteiger partial charge is 0.0637 e. The molecule has 0 saturated carbocycles. The number of methoxy groups -OCH3 is 1. The summed E-state index contributed by atoms with van der Waals surface area (Å²) in [7, 11) is 8.45. The van der Waals surface area contributed by atoms with E-state index >= 15 is 0 Å². The van der Waals surface area contributed by atoms with Gasteiger partial charge in [0.15, 0.2) is 0 Å². The van der Waals surface area contributed by atoms with Crippen molar-refractivity contribution in [3.8, 4) is 0 Å². The first-order valence-electron chi connectivity index (χ1n) is 7.85. The van der Waals surface area contributed by atoms with Crippen LogP contribution in [-0.4, -0.2) is 74.9 Å². The molecule has 0 aromatic heterocycles. The molecule has 0 aromatic carbocycles. The molecule has 1 fully saturated rings. The monoisotopic (exact) mass is 285 g/mol. The molecule has 1 N–H and O–H groups in total. The molecule has 120 valence electrons. The number of likely N-dealkylation sites (tertiary alicyclic amines) is 1. The Kier molecular flexibility index (Phi) is 6.45. The van der Waals surface area contributed by atoms with Crippen molar-refractivity contribution in [1.82, 2.24) is 15.1 Å². The third-order valence-corrected chi connectivity index (χ3v) is 5.00. The Labute approximate surface area is 125 Å². The fraction of sp³-hybridized carbons (Fsp3) is 1.00. The number of likely N-dealkylation sites (N-methyl/N-ethyl adjacent to an activating group) is 1. The molecule has 20 heavy (non-hydrogen) atoms. The highest BCUT2D eigenvalue weighted by Crippen LogP contribution is 2.26. The molecule has 0 bridgehead atoms. The molecule has 1 aliphatic rings. The van der Waals surface area contributed by atoms with Crippen LogP contribution in [0.4, 0.5) is 0 Å². The largest absolute Gasteiger partial charge is 0.379 e. The molecule has 1 rings (SSSR count). The van der Waals surface area contributed by atoms with Crippen molar-refractivity contribution in [1.29, 1.82) is 0 Å². The standard InChI is InChI=1S/C16H35N3O/c1-14(12-15(2,3)20-7)17-13-16(18(4)5)8-10-19(6)11-9-16/h14,17H,8-13H2,1-7H3. The highest BCUT2D eigenvalue weighted by molar-refractivity contribution is 4.95. The molecular formula is C16H35N3O. The second kappa shape index (κ2) is 7.21. The Morgan fingerprint density at radius 2 is 1.85 bits per heavy atom. The van der Waals surface area contributed by atoms with E-state index in [0.29, 0.717) is 11.6 Å². The SMILES string of the molecule is COC(C)(C)CC(C)NCC1(N(C)C)CCN(C)CC1. The number of hydrogen-bond acceptors (Lipinski definition) is 4. The van der Waals surface area contributed by atoms with Crippen LogP contribution >= 0.6 is 0 Å². The van der Waals surface area contributed by atoms with Gasteiger partial charge in [-0.05, 0) is 74.3 Å². The predicted octanol–water partition coefficient (Wildman–Crippen LogP) is 1.81. The summed E-state index contributed by atoms with van der Waals surface area (Å²) in [6, 6.07) is 0.474. The molecule has 0 aromatic rings. The highest BCUT2D eigenvalue weighted by Gasteiger charge is 2.36. The van der Waals surface area contributed by atoms with Gasteiger partial charge in [-0.3, -0.25) is 0 Å². The molecule has 1 saturated heterocycles. The van der Waals surface area contributed by atoms with E-state index in [9.17, 15) is 0 Å². The van der Waals surface area contributed by atoms with Gasteiger partial charge in [0.2, 0.25) is 0 Å². The van der Waals surface area contributed by atoms with Gasteiger partial charge in [0.05, 0.1) is 5.60 Å². The maximum Gasteiger partial charge on any atom is 0.0637 e. The van der Waals surface area contributed by atoms with Crippen molar-refractivity contribution in [3.63, 3.8) is 0 Å². The zero-order valence-corrected chi connectivity index (χ0v) is 14.6. The van der Waals surface area contributed by atoms with Crippen LogP contribution in [0.15, 0.2) is 0 Å². The Balaban J connectivity index is 2.51. The van der Waals surface area contributed by atoms with E-state index in [1.165, 1.54) is 25.9 Å². The number of nitrogens with zero attached hydrogens (tertiary/aromatic N) is 2. The first-order chi connectivity index (χ1) is 9.21. The number of hydrogen-bond donors (Lipinski definition) is 1. The molecule has 0 amide bonds. The zero-order chi connectivity index (χ0) is 15.4. The molecule has 4 heteroatoms. The van der Waals surface area contributed by atoms with E-state index in [2.05, 4.69) is 57.0 Å². The second-order valence-electron chi connectivity index (χ2n) is 7.37. The first kappa shape index (κ1) is 17.9. The molecule has 0 aliphatic carbocycles. The van der Waals surface area contributed by atoms with Crippen molar-refractivity contribution < 1.29 is 4.74 Å².